The van der Waals surface area contributed by atoms with E-state index in [1.54, 1.807) is 6.33 Å². The molecule has 9 nitrogen and oxygen atoms in total. The molecule has 1 unspecified atom stereocenters. The third-order valence-corrected chi connectivity index (χ3v) is 8.56. The highest BCUT2D eigenvalue weighted by atomic mass is 16.6. The lowest BCUT2D eigenvalue weighted by Gasteiger charge is -2.39. The van der Waals surface area contributed by atoms with Gasteiger partial charge in [-0.1, -0.05) is 12.1 Å². The van der Waals surface area contributed by atoms with Gasteiger partial charge in [0.1, 0.15) is 30.1 Å². The van der Waals surface area contributed by atoms with E-state index in [0.29, 0.717) is 24.4 Å². The minimum atomic E-state index is -0.197. The fourth-order valence-corrected chi connectivity index (χ4v) is 6.52. The van der Waals surface area contributed by atoms with Crippen molar-refractivity contribution in [1.82, 2.24) is 19.4 Å². The molecule has 2 saturated heterocycles. The van der Waals surface area contributed by atoms with Crippen LogP contribution in [0.15, 0.2) is 36.8 Å². The van der Waals surface area contributed by atoms with E-state index in [0.717, 1.165) is 79.5 Å². The molecular weight excluding hydrogens is 480 g/mol. The second kappa shape index (κ2) is 9.85. The number of hydrogen-bond donors (Lipinski definition) is 2. The summed E-state index contributed by atoms with van der Waals surface area (Å²) in [6.45, 7) is 6.68. The maximum absolute atomic E-state index is 11.8. The molecule has 6 rings (SSSR count). The average Bonchev–Trinajstić information content (AvgIpc) is 3.57. The van der Waals surface area contributed by atoms with Crippen LogP contribution in [-0.2, 0) is 9.53 Å². The van der Waals surface area contributed by atoms with Crippen molar-refractivity contribution in [3.8, 4) is 16.9 Å². The van der Waals surface area contributed by atoms with E-state index in [1.807, 2.05) is 12.1 Å². The molecule has 3 fully saturated rings. The highest BCUT2D eigenvalue weighted by Crippen LogP contribution is 2.44. The number of likely N-dealkylation sites (tertiary alicyclic amines) is 1. The van der Waals surface area contributed by atoms with Gasteiger partial charge in [-0.05, 0) is 82.5 Å². The number of nitrogens with zero attached hydrogens (tertiary/aromatic N) is 4. The van der Waals surface area contributed by atoms with E-state index in [4.69, 9.17) is 20.9 Å². The normalized spacial score (nSPS) is 27.0. The van der Waals surface area contributed by atoms with Gasteiger partial charge in [0.15, 0.2) is 0 Å². The summed E-state index contributed by atoms with van der Waals surface area (Å²) in [6, 6.07) is 8.36. The van der Waals surface area contributed by atoms with Crippen LogP contribution in [0.5, 0.6) is 5.75 Å². The molecule has 2 atom stereocenters. The number of aromatic nitrogens is 3. The van der Waals surface area contributed by atoms with Crippen LogP contribution >= 0.6 is 0 Å². The van der Waals surface area contributed by atoms with Crippen molar-refractivity contribution < 1.29 is 14.3 Å². The van der Waals surface area contributed by atoms with Crippen LogP contribution in [0.1, 0.15) is 58.4 Å². The molecule has 2 aliphatic heterocycles. The lowest BCUT2D eigenvalue weighted by molar-refractivity contribution is -0.122. The van der Waals surface area contributed by atoms with Gasteiger partial charge < -0.3 is 25.5 Å². The molecular formula is C29H38N6O3. The molecule has 1 amide bonds. The predicted octanol–water partition coefficient (Wildman–Crippen LogP) is 3.92. The maximum Gasteiger partial charge on any atom is 0.234 e. The van der Waals surface area contributed by atoms with Gasteiger partial charge in [0.25, 0.3) is 0 Å². The fraction of sp³-hybridized carbons (Fsp3) is 0.552. The number of anilines is 1. The van der Waals surface area contributed by atoms with Crippen molar-refractivity contribution in [3.05, 3.63) is 36.8 Å². The molecule has 202 valence electrons. The number of primary amides is 1. The third kappa shape index (κ3) is 4.85. The Morgan fingerprint density at radius 2 is 2.08 bits per heavy atom. The highest BCUT2D eigenvalue weighted by Gasteiger charge is 2.37. The molecule has 0 spiro atoms. The summed E-state index contributed by atoms with van der Waals surface area (Å²) in [7, 11) is 0. The zero-order valence-corrected chi connectivity index (χ0v) is 22.3. The Labute approximate surface area is 223 Å². The highest BCUT2D eigenvalue weighted by molar-refractivity contribution is 6.00. The van der Waals surface area contributed by atoms with E-state index in [9.17, 15) is 4.79 Å². The fourth-order valence-electron chi connectivity index (χ4n) is 6.52. The summed E-state index contributed by atoms with van der Waals surface area (Å²) in [6.07, 6.45) is 9.88. The van der Waals surface area contributed by atoms with Crippen LogP contribution in [0.2, 0.25) is 0 Å². The number of hydrogen-bond acceptors (Lipinski definition) is 7. The minimum absolute atomic E-state index is 0.0756. The maximum atomic E-state index is 11.8. The number of fused-ring (bicyclic) bond motifs is 1. The second-order valence-corrected chi connectivity index (χ2v) is 11.8. The Hall–Kier alpha value is -3.17. The molecule has 3 aliphatic rings. The van der Waals surface area contributed by atoms with Crippen LogP contribution in [0.25, 0.3) is 22.2 Å². The molecule has 4 N–H and O–H groups in total. The first-order valence-corrected chi connectivity index (χ1v) is 13.8. The first kappa shape index (κ1) is 25.1. The van der Waals surface area contributed by atoms with Crippen molar-refractivity contribution in [3.63, 3.8) is 0 Å². The number of amides is 1. The summed E-state index contributed by atoms with van der Waals surface area (Å²) >= 11 is 0. The summed E-state index contributed by atoms with van der Waals surface area (Å²) in [5, 5.41) is 0.877. The van der Waals surface area contributed by atoms with Gasteiger partial charge in [-0.15, -0.1) is 0 Å². The van der Waals surface area contributed by atoms with Gasteiger partial charge in [0.2, 0.25) is 5.91 Å². The van der Waals surface area contributed by atoms with Crippen LogP contribution < -0.4 is 16.2 Å². The molecule has 3 aromatic rings. The lowest BCUT2D eigenvalue weighted by atomic mass is 9.79. The number of nitrogen functional groups attached to an aromatic ring is 1. The zero-order valence-electron chi connectivity index (χ0n) is 22.3. The summed E-state index contributed by atoms with van der Waals surface area (Å²) in [4.78, 5) is 23.0. The molecule has 0 radical (unpaired) electrons. The van der Waals surface area contributed by atoms with Gasteiger partial charge in [0.05, 0.1) is 23.1 Å². The Morgan fingerprint density at radius 1 is 1.24 bits per heavy atom. The number of rotatable bonds is 8. The van der Waals surface area contributed by atoms with E-state index < -0.39 is 0 Å². The Bertz CT molecular complexity index is 1330. The molecule has 9 heteroatoms. The van der Waals surface area contributed by atoms with Crippen LogP contribution in [0.4, 0.5) is 5.82 Å². The van der Waals surface area contributed by atoms with Gasteiger partial charge in [-0.25, -0.2) is 9.97 Å². The molecule has 1 aromatic carbocycles. The summed E-state index contributed by atoms with van der Waals surface area (Å²) in [5.41, 5.74) is 14.8. The van der Waals surface area contributed by atoms with Gasteiger partial charge in [-0.3, -0.25) is 9.69 Å². The SMILES string of the molecule is CC1(C)CCC(COc2cccc(-c3cn([C@H]4C[C@@H](CN5CCC[C@H]5C(N)=O)C4)c4ncnc(N)c34)c2)O1. The van der Waals surface area contributed by atoms with E-state index in [2.05, 4.69) is 51.6 Å². The Balaban J connectivity index is 1.19. The van der Waals surface area contributed by atoms with Crippen LogP contribution in [0.3, 0.4) is 0 Å². The predicted molar refractivity (Wildman–Crippen MR) is 147 cm³/mol. The topological polar surface area (TPSA) is 122 Å². The zero-order chi connectivity index (χ0) is 26.4. The molecule has 1 saturated carbocycles. The number of carbonyl (C=O) groups excluding carboxylic acids is 1. The average molecular weight is 519 g/mol. The quantitative estimate of drug-likeness (QED) is 0.464. The van der Waals surface area contributed by atoms with Crippen molar-refractivity contribution in [2.45, 2.75) is 76.2 Å². The summed E-state index contributed by atoms with van der Waals surface area (Å²) in [5.74, 6) is 1.64. The number of nitrogens with two attached hydrogens (primary N) is 2. The van der Waals surface area contributed by atoms with Crippen molar-refractivity contribution in [1.29, 1.82) is 0 Å². The largest absolute Gasteiger partial charge is 0.491 e. The van der Waals surface area contributed by atoms with Crippen molar-refractivity contribution in [2.24, 2.45) is 11.7 Å². The first-order valence-electron chi connectivity index (χ1n) is 13.8. The Kier molecular flexibility index (Phi) is 6.52. The van der Waals surface area contributed by atoms with Crippen molar-refractivity contribution in [2.75, 3.05) is 25.4 Å². The van der Waals surface area contributed by atoms with Gasteiger partial charge in [0, 0.05) is 24.3 Å². The lowest BCUT2D eigenvalue weighted by Crippen LogP contribution is -2.44. The Morgan fingerprint density at radius 3 is 2.84 bits per heavy atom. The van der Waals surface area contributed by atoms with Crippen molar-refractivity contribution >= 4 is 22.8 Å². The van der Waals surface area contributed by atoms with Gasteiger partial charge >= 0.3 is 0 Å². The third-order valence-electron chi connectivity index (χ3n) is 8.56. The molecule has 0 bridgehead atoms. The molecule has 1 aliphatic carbocycles. The van der Waals surface area contributed by atoms with E-state index in [-0.39, 0.29) is 23.7 Å². The smallest absolute Gasteiger partial charge is 0.234 e. The van der Waals surface area contributed by atoms with E-state index in [1.165, 1.54) is 0 Å². The van der Waals surface area contributed by atoms with Crippen LogP contribution in [0, 0.1) is 5.92 Å². The standard InChI is InChI=1S/C29H38N6O3/c1-29(2)9-8-22(38-29)16-37-21-6-3-5-19(13-21)23-15-35(28-25(23)26(30)32-17-33-28)20-11-18(12-20)14-34-10-4-7-24(34)27(31)36/h3,5-6,13,15,17-18,20,22,24H,4,7-12,14,16H2,1-2H3,(H2,31,36)(H2,30,32,33)/t18-,20+,22?,24-/m0/s1. The van der Waals surface area contributed by atoms with E-state index >= 15 is 0 Å². The molecule has 2 aromatic heterocycles. The number of benzene rings is 1. The number of ether oxygens (including phenoxy) is 2. The monoisotopic (exact) mass is 518 g/mol. The molecule has 38 heavy (non-hydrogen) atoms. The second-order valence-electron chi connectivity index (χ2n) is 11.8. The number of carbonyl (C=O) groups is 1. The minimum Gasteiger partial charge on any atom is -0.491 e. The van der Waals surface area contributed by atoms with Gasteiger partial charge in [-0.2, -0.15) is 0 Å². The summed E-state index contributed by atoms with van der Waals surface area (Å²) < 4.78 is 14.5. The molecule has 4 heterocycles. The first-order chi connectivity index (χ1) is 18.3. The van der Waals surface area contributed by atoms with Crippen LogP contribution in [-0.4, -0.2) is 62.8 Å².